The van der Waals surface area contributed by atoms with Gasteiger partial charge in [-0.05, 0) is 54.7 Å². The number of aryl methyl sites for hydroxylation is 1. The second-order valence-corrected chi connectivity index (χ2v) is 5.61. The predicted molar refractivity (Wildman–Crippen MR) is 83.1 cm³/mol. The highest BCUT2D eigenvalue weighted by atomic mass is 32.1. The maximum atomic E-state index is 5.78. The average Bonchev–Trinajstić information content (AvgIpc) is 2.33. The zero-order valence-corrected chi connectivity index (χ0v) is 12.8. The fourth-order valence-electron chi connectivity index (χ4n) is 2.14. The van der Waals surface area contributed by atoms with Crippen molar-refractivity contribution in [1.29, 1.82) is 0 Å². The van der Waals surface area contributed by atoms with Gasteiger partial charge in [-0.25, -0.2) is 0 Å². The normalized spacial score (nSPS) is 10.9. The molecule has 0 aliphatic rings. The molecule has 0 spiro atoms. The van der Waals surface area contributed by atoms with Gasteiger partial charge in [0.1, 0.15) is 5.75 Å². The van der Waals surface area contributed by atoms with Gasteiger partial charge < -0.3 is 4.74 Å². The van der Waals surface area contributed by atoms with Gasteiger partial charge in [0.15, 0.2) is 0 Å². The number of hydrogen-bond donors (Lipinski definition) is 1. The number of hydrogen-bond acceptors (Lipinski definition) is 2. The van der Waals surface area contributed by atoms with E-state index in [9.17, 15) is 0 Å². The minimum absolute atomic E-state index is 0.584. The number of unbranched alkanes of at least 4 members (excludes halogenated alkanes) is 3. The molecule has 0 fully saturated rings. The van der Waals surface area contributed by atoms with E-state index in [0.29, 0.717) is 5.92 Å². The van der Waals surface area contributed by atoms with Crippen molar-refractivity contribution in [1.82, 2.24) is 0 Å². The van der Waals surface area contributed by atoms with Crippen LogP contribution in [-0.2, 0) is 0 Å². The molecule has 1 aromatic rings. The molecule has 102 valence electrons. The van der Waals surface area contributed by atoms with Gasteiger partial charge in [-0.2, -0.15) is 12.6 Å². The molecule has 0 N–H and O–H groups in total. The van der Waals surface area contributed by atoms with Crippen molar-refractivity contribution in [3.05, 3.63) is 29.3 Å². The Bertz CT molecular complexity index is 347. The predicted octanol–water partition coefficient (Wildman–Crippen LogP) is 4.99. The van der Waals surface area contributed by atoms with Crippen LogP contribution in [0.25, 0.3) is 0 Å². The van der Waals surface area contributed by atoms with Crippen LogP contribution in [0.3, 0.4) is 0 Å². The molecule has 0 saturated heterocycles. The Morgan fingerprint density at radius 1 is 1.11 bits per heavy atom. The van der Waals surface area contributed by atoms with E-state index >= 15 is 0 Å². The highest BCUT2D eigenvalue weighted by molar-refractivity contribution is 7.80. The molecule has 0 heterocycles. The number of benzene rings is 1. The maximum absolute atomic E-state index is 5.78. The third-order valence-corrected chi connectivity index (χ3v) is 3.50. The monoisotopic (exact) mass is 266 g/mol. The summed E-state index contributed by atoms with van der Waals surface area (Å²) in [4.78, 5) is 0. The van der Waals surface area contributed by atoms with E-state index in [1.807, 2.05) is 0 Å². The number of rotatable bonds is 8. The molecule has 0 bridgehead atoms. The Balaban J connectivity index is 2.33. The van der Waals surface area contributed by atoms with Crippen molar-refractivity contribution in [3.63, 3.8) is 0 Å². The van der Waals surface area contributed by atoms with Crippen molar-refractivity contribution in [2.75, 3.05) is 12.4 Å². The van der Waals surface area contributed by atoms with Crippen molar-refractivity contribution in [2.45, 2.75) is 52.4 Å². The Kier molecular flexibility index (Phi) is 7.26. The lowest BCUT2D eigenvalue weighted by Crippen LogP contribution is -1.99. The quantitative estimate of drug-likeness (QED) is 0.515. The fraction of sp³-hybridized carbons (Fsp3) is 0.625. The summed E-state index contributed by atoms with van der Waals surface area (Å²) in [5.74, 6) is 2.59. The average molecular weight is 266 g/mol. The first-order chi connectivity index (χ1) is 8.65. The molecule has 0 aliphatic heterocycles. The lowest BCUT2D eigenvalue weighted by Gasteiger charge is -2.12. The first-order valence-electron chi connectivity index (χ1n) is 6.99. The second-order valence-electron chi connectivity index (χ2n) is 5.16. The molecule has 0 aromatic heterocycles. The molecule has 2 heteroatoms. The molecule has 1 nitrogen and oxygen atoms in total. The first kappa shape index (κ1) is 15.4. The summed E-state index contributed by atoms with van der Waals surface area (Å²) in [5, 5.41) is 0. The molecule has 0 radical (unpaired) electrons. The molecular weight excluding hydrogens is 240 g/mol. The SMILES string of the molecule is Cc1cc(OCCCCCCS)ccc1C(C)C. The topological polar surface area (TPSA) is 9.23 Å². The Morgan fingerprint density at radius 2 is 1.83 bits per heavy atom. The van der Waals surface area contributed by atoms with Crippen LogP contribution in [0.2, 0.25) is 0 Å². The Morgan fingerprint density at radius 3 is 2.44 bits per heavy atom. The summed E-state index contributed by atoms with van der Waals surface area (Å²) in [6, 6.07) is 6.44. The summed E-state index contributed by atoms with van der Waals surface area (Å²) < 4.78 is 5.78. The lowest BCUT2D eigenvalue weighted by atomic mass is 9.98. The minimum Gasteiger partial charge on any atom is -0.494 e. The Hall–Kier alpha value is -0.630. The standard InChI is InChI=1S/C16H26OS/c1-13(2)16-9-8-15(12-14(16)3)17-10-6-4-5-7-11-18/h8-9,12-13,18H,4-7,10-11H2,1-3H3. The molecule has 1 aromatic carbocycles. The van der Waals surface area contributed by atoms with Crippen molar-refractivity contribution in [2.24, 2.45) is 0 Å². The number of thiol groups is 1. The lowest BCUT2D eigenvalue weighted by molar-refractivity contribution is 0.305. The van der Waals surface area contributed by atoms with Gasteiger partial charge in [-0.15, -0.1) is 0 Å². The van der Waals surface area contributed by atoms with Crippen LogP contribution in [0.5, 0.6) is 5.75 Å². The van der Waals surface area contributed by atoms with Gasteiger partial charge in [0, 0.05) is 0 Å². The highest BCUT2D eigenvalue weighted by Gasteiger charge is 2.04. The summed E-state index contributed by atoms with van der Waals surface area (Å²) in [6.07, 6.45) is 4.85. The maximum Gasteiger partial charge on any atom is 0.119 e. The third kappa shape index (κ3) is 5.34. The summed E-state index contributed by atoms with van der Waals surface area (Å²) in [5.41, 5.74) is 2.74. The Labute approximate surface area is 117 Å². The van der Waals surface area contributed by atoms with Gasteiger partial charge in [-0.3, -0.25) is 0 Å². The zero-order valence-electron chi connectivity index (χ0n) is 11.9. The molecule has 18 heavy (non-hydrogen) atoms. The smallest absolute Gasteiger partial charge is 0.119 e. The summed E-state index contributed by atoms with van der Waals surface area (Å²) in [7, 11) is 0. The van der Waals surface area contributed by atoms with Gasteiger partial charge in [0.25, 0.3) is 0 Å². The first-order valence-corrected chi connectivity index (χ1v) is 7.62. The molecule has 0 amide bonds. The van der Waals surface area contributed by atoms with E-state index in [1.165, 1.54) is 30.4 Å². The van der Waals surface area contributed by atoms with Crippen LogP contribution in [-0.4, -0.2) is 12.4 Å². The van der Waals surface area contributed by atoms with Crippen molar-refractivity contribution >= 4 is 12.6 Å². The van der Waals surface area contributed by atoms with E-state index < -0.39 is 0 Å². The van der Waals surface area contributed by atoms with E-state index in [1.54, 1.807) is 0 Å². The van der Waals surface area contributed by atoms with Gasteiger partial charge in [-0.1, -0.05) is 32.8 Å². The van der Waals surface area contributed by atoms with Gasteiger partial charge >= 0.3 is 0 Å². The second kappa shape index (κ2) is 8.47. The van der Waals surface area contributed by atoms with Gasteiger partial charge in [0.05, 0.1) is 6.61 Å². The molecule has 1 rings (SSSR count). The number of ether oxygens (including phenoxy) is 1. The minimum atomic E-state index is 0.584. The molecule has 0 aliphatic carbocycles. The van der Waals surface area contributed by atoms with Gasteiger partial charge in [0.2, 0.25) is 0 Å². The largest absolute Gasteiger partial charge is 0.494 e. The fourth-order valence-corrected chi connectivity index (χ4v) is 2.37. The molecule has 0 unspecified atom stereocenters. The van der Waals surface area contributed by atoms with E-state index in [2.05, 4.69) is 51.6 Å². The van der Waals surface area contributed by atoms with Crippen molar-refractivity contribution < 1.29 is 4.74 Å². The molecule has 0 saturated carbocycles. The van der Waals surface area contributed by atoms with Crippen LogP contribution < -0.4 is 4.74 Å². The van der Waals surface area contributed by atoms with E-state index in [0.717, 1.165) is 24.5 Å². The highest BCUT2D eigenvalue weighted by Crippen LogP contribution is 2.23. The van der Waals surface area contributed by atoms with E-state index in [4.69, 9.17) is 4.74 Å². The van der Waals surface area contributed by atoms with Crippen LogP contribution >= 0.6 is 12.6 Å². The van der Waals surface area contributed by atoms with Crippen LogP contribution in [0.1, 0.15) is 56.6 Å². The van der Waals surface area contributed by atoms with Crippen LogP contribution in [0.4, 0.5) is 0 Å². The van der Waals surface area contributed by atoms with Crippen LogP contribution in [0, 0.1) is 6.92 Å². The zero-order chi connectivity index (χ0) is 13.4. The summed E-state index contributed by atoms with van der Waals surface area (Å²) in [6.45, 7) is 7.44. The molecular formula is C16H26OS. The summed E-state index contributed by atoms with van der Waals surface area (Å²) >= 11 is 4.21. The third-order valence-electron chi connectivity index (χ3n) is 3.18. The van der Waals surface area contributed by atoms with E-state index in [-0.39, 0.29) is 0 Å². The van der Waals surface area contributed by atoms with Crippen molar-refractivity contribution in [3.8, 4) is 5.75 Å². The van der Waals surface area contributed by atoms with Crippen LogP contribution in [0.15, 0.2) is 18.2 Å². The molecule has 0 atom stereocenters.